The van der Waals surface area contributed by atoms with E-state index in [4.69, 9.17) is 5.26 Å². The summed E-state index contributed by atoms with van der Waals surface area (Å²) in [7, 11) is 0. The van der Waals surface area contributed by atoms with Crippen molar-refractivity contribution in [2.75, 3.05) is 0 Å². The fraction of sp³-hybridized carbons (Fsp3) is 0.222. The summed E-state index contributed by atoms with van der Waals surface area (Å²) in [5.41, 5.74) is 0.619. The van der Waals surface area contributed by atoms with Crippen molar-refractivity contribution in [3.05, 3.63) is 35.6 Å². The number of hydrogen-bond donors (Lipinski definition) is 0. The van der Waals surface area contributed by atoms with Crippen molar-refractivity contribution < 1.29 is 4.39 Å². The van der Waals surface area contributed by atoms with Gasteiger partial charge in [-0.05, 0) is 18.1 Å². The predicted octanol–water partition coefficient (Wildman–Crippen LogP) is 2.28. The summed E-state index contributed by atoms with van der Waals surface area (Å²) in [4.78, 5) is 0. The molecule has 0 atom stereocenters. The highest BCUT2D eigenvalue weighted by atomic mass is 19.1. The van der Waals surface area contributed by atoms with Gasteiger partial charge in [0.1, 0.15) is 5.82 Å². The van der Waals surface area contributed by atoms with Crippen molar-refractivity contribution in [2.24, 2.45) is 0 Å². The van der Waals surface area contributed by atoms with Crippen molar-refractivity contribution in [3.63, 3.8) is 0 Å². The molecule has 0 aliphatic rings. The summed E-state index contributed by atoms with van der Waals surface area (Å²) in [5, 5.41) is 8.25. The molecule has 56 valence electrons. The first-order chi connectivity index (χ1) is 5.34. The summed E-state index contributed by atoms with van der Waals surface area (Å²) in [6, 6.07) is 8.50. The Morgan fingerprint density at radius 1 is 1.36 bits per heavy atom. The largest absolute Gasteiger partial charge is 0.207 e. The number of nitrogens with zero attached hydrogens (tertiary/aromatic N) is 1. The first-order valence-electron chi connectivity index (χ1n) is 3.45. The van der Waals surface area contributed by atoms with Crippen LogP contribution in [0.4, 0.5) is 4.39 Å². The Labute approximate surface area is 65.1 Å². The van der Waals surface area contributed by atoms with Gasteiger partial charge < -0.3 is 0 Å². The summed E-state index contributed by atoms with van der Waals surface area (Å²) in [6.07, 6.45) is 0.879. The Kier molecular flexibility index (Phi) is 2.62. The van der Waals surface area contributed by atoms with E-state index in [1.165, 1.54) is 6.07 Å². The van der Waals surface area contributed by atoms with Crippen LogP contribution in [0.3, 0.4) is 0 Å². The molecule has 0 N–H and O–H groups in total. The zero-order valence-corrected chi connectivity index (χ0v) is 6.05. The van der Waals surface area contributed by atoms with Crippen LogP contribution in [0.1, 0.15) is 12.0 Å². The Balaban J connectivity index is 2.71. The topological polar surface area (TPSA) is 23.8 Å². The third kappa shape index (κ3) is 2.05. The van der Waals surface area contributed by atoms with Crippen molar-refractivity contribution >= 4 is 0 Å². The number of aryl methyl sites for hydroxylation is 1. The summed E-state index contributed by atoms with van der Waals surface area (Å²) in [6.45, 7) is 0. The van der Waals surface area contributed by atoms with E-state index in [-0.39, 0.29) is 5.82 Å². The van der Waals surface area contributed by atoms with E-state index in [0.717, 1.165) is 0 Å². The predicted molar refractivity (Wildman–Crippen MR) is 40.3 cm³/mol. The highest BCUT2D eigenvalue weighted by Crippen LogP contribution is 2.07. The molecule has 2 heteroatoms. The van der Waals surface area contributed by atoms with Crippen LogP contribution < -0.4 is 0 Å². The van der Waals surface area contributed by atoms with Crippen LogP contribution in [0.25, 0.3) is 0 Å². The standard InChI is InChI=1S/C9H8FN/c10-9-6-2-1-4-8(9)5-3-7-11/h1-2,4,6H,3,5H2. The fourth-order valence-electron chi connectivity index (χ4n) is 0.892. The van der Waals surface area contributed by atoms with E-state index in [2.05, 4.69) is 0 Å². The van der Waals surface area contributed by atoms with Crippen LogP contribution in [0.2, 0.25) is 0 Å². The number of benzene rings is 1. The second kappa shape index (κ2) is 3.72. The SMILES string of the molecule is N#CCCc1ccccc1F. The van der Waals surface area contributed by atoms with Crippen molar-refractivity contribution in [3.8, 4) is 6.07 Å². The Bertz CT molecular complexity index is 275. The smallest absolute Gasteiger partial charge is 0.126 e. The van der Waals surface area contributed by atoms with Crippen molar-refractivity contribution in [1.82, 2.24) is 0 Å². The maximum atomic E-state index is 12.8. The van der Waals surface area contributed by atoms with Crippen LogP contribution in [0, 0.1) is 17.1 Å². The molecule has 1 aromatic rings. The summed E-state index contributed by atoms with van der Waals surface area (Å²) >= 11 is 0. The minimum atomic E-state index is -0.220. The molecular weight excluding hydrogens is 141 g/mol. The fourth-order valence-corrected chi connectivity index (χ4v) is 0.892. The highest BCUT2D eigenvalue weighted by Gasteiger charge is 1.97. The quantitative estimate of drug-likeness (QED) is 0.632. The van der Waals surface area contributed by atoms with Gasteiger partial charge in [0.25, 0.3) is 0 Å². The molecule has 0 saturated heterocycles. The van der Waals surface area contributed by atoms with Crippen molar-refractivity contribution in [2.45, 2.75) is 12.8 Å². The summed E-state index contributed by atoms with van der Waals surface area (Å²) < 4.78 is 12.8. The lowest BCUT2D eigenvalue weighted by atomic mass is 10.1. The minimum absolute atomic E-state index is 0.220. The molecule has 0 heterocycles. The molecule has 1 nitrogen and oxygen atoms in total. The number of rotatable bonds is 2. The van der Waals surface area contributed by atoms with Gasteiger partial charge >= 0.3 is 0 Å². The summed E-state index contributed by atoms with van der Waals surface area (Å²) in [5.74, 6) is -0.220. The minimum Gasteiger partial charge on any atom is -0.207 e. The molecular formula is C9H8FN. The van der Waals surface area contributed by atoms with Gasteiger partial charge in [0.2, 0.25) is 0 Å². The number of nitriles is 1. The molecule has 0 radical (unpaired) electrons. The van der Waals surface area contributed by atoms with E-state index in [0.29, 0.717) is 18.4 Å². The molecule has 0 saturated carbocycles. The average molecular weight is 149 g/mol. The average Bonchev–Trinajstić information content (AvgIpc) is 2.03. The lowest BCUT2D eigenvalue weighted by Gasteiger charge is -1.96. The molecule has 1 rings (SSSR count). The molecule has 0 aromatic heterocycles. The third-order valence-corrected chi connectivity index (χ3v) is 1.46. The van der Waals surface area contributed by atoms with Crippen LogP contribution >= 0.6 is 0 Å². The van der Waals surface area contributed by atoms with Gasteiger partial charge in [-0.15, -0.1) is 0 Å². The van der Waals surface area contributed by atoms with Gasteiger partial charge in [-0.1, -0.05) is 18.2 Å². The molecule has 0 bridgehead atoms. The van der Waals surface area contributed by atoms with Crippen LogP contribution in [-0.2, 0) is 6.42 Å². The number of hydrogen-bond acceptors (Lipinski definition) is 1. The zero-order valence-electron chi connectivity index (χ0n) is 6.05. The van der Waals surface area contributed by atoms with E-state index in [9.17, 15) is 4.39 Å². The molecule has 0 aliphatic heterocycles. The lowest BCUT2D eigenvalue weighted by molar-refractivity contribution is 0.610. The molecule has 1 aromatic carbocycles. The monoisotopic (exact) mass is 149 g/mol. The maximum absolute atomic E-state index is 12.8. The van der Waals surface area contributed by atoms with Gasteiger partial charge in [0.15, 0.2) is 0 Å². The Morgan fingerprint density at radius 3 is 2.73 bits per heavy atom. The molecule has 0 unspecified atom stereocenters. The van der Waals surface area contributed by atoms with Crippen LogP contribution in [-0.4, -0.2) is 0 Å². The van der Waals surface area contributed by atoms with Crippen LogP contribution in [0.5, 0.6) is 0 Å². The maximum Gasteiger partial charge on any atom is 0.126 e. The van der Waals surface area contributed by atoms with Gasteiger partial charge in [0, 0.05) is 6.42 Å². The first-order valence-corrected chi connectivity index (χ1v) is 3.45. The van der Waals surface area contributed by atoms with Crippen LogP contribution in [0.15, 0.2) is 24.3 Å². The second-order valence-electron chi connectivity index (χ2n) is 2.25. The molecule has 0 aliphatic carbocycles. The molecule has 11 heavy (non-hydrogen) atoms. The Morgan fingerprint density at radius 2 is 2.09 bits per heavy atom. The van der Waals surface area contributed by atoms with E-state index >= 15 is 0 Å². The van der Waals surface area contributed by atoms with Crippen molar-refractivity contribution in [1.29, 1.82) is 5.26 Å². The van der Waals surface area contributed by atoms with E-state index < -0.39 is 0 Å². The van der Waals surface area contributed by atoms with Gasteiger partial charge in [0.05, 0.1) is 6.07 Å². The molecule has 0 fully saturated rings. The van der Waals surface area contributed by atoms with Gasteiger partial charge in [-0.3, -0.25) is 0 Å². The first kappa shape index (κ1) is 7.74. The van der Waals surface area contributed by atoms with Gasteiger partial charge in [-0.25, -0.2) is 4.39 Å². The van der Waals surface area contributed by atoms with E-state index in [1.807, 2.05) is 6.07 Å². The normalized spacial score (nSPS) is 9.09. The molecule has 0 amide bonds. The number of halogens is 1. The second-order valence-corrected chi connectivity index (χ2v) is 2.25. The van der Waals surface area contributed by atoms with Gasteiger partial charge in [-0.2, -0.15) is 5.26 Å². The molecule has 0 spiro atoms. The zero-order chi connectivity index (χ0) is 8.10. The van der Waals surface area contributed by atoms with E-state index in [1.54, 1.807) is 18.2 Å². The Hall–Kier alpha value is -1.36. The lowest BCUT2D eigenvalue weighted by Crippen LogP contribution is -1.87. The highest BCUT2D eigenvalue weighted by molar-refractivity contribution is 5.17. The third-order valence-electron chi connectivity index (χ3n) is 1.46.